The van der Waals surface area contributed by atoms with E-state index >= 15 is 0 Å². The van der Waals surface area contributed by atoms with Gasteiger partial charge in [-0.3, -0.25) is 4.79 Å². The molecule has 0 saturated carbocycles. The molecule has 0 aromatic carbocycles. The fourth-order valence-corrected chi connectivity index (χ4v) is 7.82. The minimum atomic E-state index is -1.57. The fourth-order valence-electron chi connectivity index (χ4n) is 7.82. The quantitative estimate of drug-likeness (QED) is 0.0264. The van der Waals surface area contributed by atoms with Crippen molar-refractivity contribution < 1.29 is 39.8 Å². The molecule has 0 aromatic rings. The number of aliphatic hydroxyl groups is 5. The number of allylic oxidation sites excluding steroid dienone is 3. The van der Waals surface area contributed by atoms with E-state index in [1.165, 1.54) is 167 Å². The van der Waals surface area contributed by atoms with E-state index in [1.807, 2.05) is 6.08 Å². The maximum Gasteiger partial charge on any atom is 0.220 e. The van der Waals surface area contributed by atoms with Crippen LogP contribution in [0.1, 0.15) is 226 Å². The molecule has 7 atom stereocenters. The third-order valence-electron chi connectivity index (χ3n) is 11.8. The Hall–Kier alpha value is -1.33. The highest BCUT2D eigenvalue weighted by molar-refractivity contribution is 5.76. The Balaban J connectivity index is 2.28. The molecule has 1 aliphatic heterocycles. The van der Waals surface area contributed by atoms with E-state index in [1.54, 1.807) is 6.08 Å². The average molecular weight is 824 g/mol. The summed E-state index contributed by atoms with van der Waals surface area (Å²) < 4.78 is 11.2. The summed E-state index contributed by atoms with van der Waals surface area (Å²) >= 11 is 0. The van der Waals surface area contributed by atoms with Crippen molar-refractivity contribution in [3.63, 3.8) is 0 Å². The van der Waals surface area contributed by atoms with Gasteiger partial charge >= 0.3 is 0 Å². The molecule has 6 N–H and O–H groups in total. The average Bonchev–Trinajstić information content (AvgIpc) is 3.22. The number of amides is 1. The highest BCUT2D eigenvalue weighted by Gasteiger charge is 2.44. The molecule has 0 spiro atoms. The van der Waals surface area contributed by atoms with Crippen LogP contribution in [0.4, 0.5) is 0 Å². The summed E-state index contributed by atoms with van der Waals surface area (Å²) in [4.78, 5) is 13.0. The first kappa shape index (κ1) is 54.7. The van der Waals surface area contributed by atoms with Gasteiger partial charge in [0, 0.05) is 6.42 Å². The van der Waals surface area contributed by atoms with Crippen molar-refractivity contribution in [2.45, 2.75) is 269 Å². The van der Waals surface area contributed by atoms with Crippen LogP contribution in [0, 0.1) is 0 Å². The maximum atomic E-state index is 13.0. The second-order valence-electron chi connectivity index (χ2n) is 17.3. The second-order valence-corrected chi connectivity index (χ2v) is 17.3. The SMILES string of the molecule is CCCCCCCCC/C=C/CC/C=C/[C@@H](O)[C@H](CO[C@H]1O[C@@H](CO)[C@H](O)C(O)C1O)NC(=O)CCCCCCCCCCCCCCCCCCCCCCCC. The molecule has 1 amide bonds. The zero-order chi connectivity index (χ0) is 42.3. The van der Waals surface area contributed by atoms with Crippen LogP contribution in [0.2, 0.25) is 0 Å². The van der Waals surface area contributed by atoms with Crippen LogP contribution in [0.15, 0.2) is 24.3 Å². The second kappa shape index (κ2) is 39.8. The largest absolute Gasteiger partial charge is 0.394 e. The molecule has 1 rings (SSSR count). The highest BCUT2D eigenvalue weighted by atomic mass is 16.7. The first-order chi connectivity index (χ1) is 28.3. The molecule has 1 heterocycles. The van der Waals surface area contributed by atoms with Crippen molar-refractivity contribution in [1.29, 1.82) is 0 Å². The summed E-state index contributed by atoms with van der Waals surface area (Å²) in [5.41, 5.74) is 0. The van der Waals surface area contributed by atoms with Gasteiger partial charge in [-0.2, -0.15) is 0 Å². The maximum absolute atomic E-state index is 13.0. The van der Waals surface area contributed by atoms with E-state index in [4.69, 9.17) is 9.47 Å². The topological polar surface area (TPSA) is 149 Å². The third kappa shape index (κ3) is 29.8. The molecule has 0 radical (unpaired) electrons. The zero-order valence-corrected chi connectivity index (χ0v) is 37.6. The van der Waals surface area contributed by atoms with E-state index in [0.29, 0.717) is 6.42 Å². The third-order valence-corrected chi connectivity index (χ3v) is 11.8. The van der Waals surface area contributed by atoms with Crippen molar-refractivity contribution in [2.24, 2.45) is 0 Å². The lowest BCUT2D eigenvalue weighted by Gasteiger charge is -2.40. The van der Waals surface area contributed by atoms with Gasteiger partial charge in [0.15, 0.2) is 6.29 Å². The smallest absolute Gasteiger partial charge is 0.220 e. The van der Waals surface area contributed by atoms with Crippen molar-refractivity contribution in [3.05, 3.63) is 24.3 Å². The van der Waals surface area contributed by atoms with Gasteiger partial charge in [0.2, 0.25) is 5.91 Å². The van der Waals surface area contributed by atoms with Crippen LogP contribution in [0.25, 0.3) is 0 Å². The van der Waals surface area contributed by atoms with E-state index in [2.05, 4.69) is 31.3 Å². The van der Waals surface area contributed by atoms with E-state index < -0.39 is 49.5 Å². The van der Waals surface area contributed by atoms with Crippen LogP contribution >= 0.6 is 0 Å². The number of hydrogen-bond donors (Lipinski definition) is 6. The Morgan fingerprint density at radius 1 is 0.569 bits per heavy atom. The van der Waals surface area contributed by atoms with Crippen molar-refractivity contribution in [3.8, 4) is 0 Å². The summed E-state index contributed by atoms with van der Waals surface area (Å²) in [7, 11) is 0. The van der Waals surface area contributed by atoms with E-state index in [0.717, 1.165) is 38.5 Å². The summed E-state index contributed by atoms with van der Waals surface area (Å²) in [5, 5.41) is 54.2. The number of ether oxygens (including phenoxy) is 2. The van der Waals surface area contributed by atoms with Gasteiger partial charge in [0.05, 0.1) is 25.4 Å². The van der Waals surface area contributed by atoms with Gasteiger partial charge < -0.3 is 40.3 Å². The Kier molecular flexibility index (Phi) is 37.5. The summed E-state index contributed by atoms with van der Waals surface area (Å²) in [5.74, 6) is -0.184. The van der Waals surface area contributed by atoms with Gasteiger partial charge in [-0.25, -0.2) is 0 Å². The van der Waals surface area contributed by atoms with Crippen LogP contribution in [0.5, 0.6) is 0 Å². The number of unbranched alkanes of at least 4 members (excludes halogenated alkanes) is 29. The lowest BCUT2D eigenvalue weighted by atomic mass is 9.99. The molecule has 9 nitrogen and oxygen atoms in total. The molecular weight excluding hydrogens is 731 g/mol. The predicted octanol–water partition coefficient (Wildman–Crippen LogP) is 10.7. The monoisotopic (exact) mass is 824 g/mol. The number of rotatable bonds is 41. The molecule has 0 bridgehead atoms. The first-order valence-corrected chi connectivity index (χ1v) is 24.6. The summed E-state index contributed by atoms with van der Waals surface area (Å²) in [6.07, 6.45) is 40.9. The van der Waals surface area contributed by atoms with Crippen molar-refractivity contribution in [1.82, 2.24) is 5.32 Å². The Morgan fingerprint density at radius 3 is 1.45 bits per heavy atom. The van der Waals surface area contributed by atoms with Gasteiger partial charge in [-0.1, -0.05) is 212 Å². The van der Waals surface area contributed by atoms with E-state index in [9.17, 15) is 30.3 Å². The number of carbonyl (C=O) groups excluding carboxylic acids is 1. The highest BCUT2D eigenvalue weighted by Crippen LogP contribution is 2.23. The minimum absolute atomic E-state index is 0.184. The van der Waals surface area contributed by atoms with Gasteiger partial charge in [-0.05, 0) is 32.1 Å². The van der Waals surface area contributed by atoms with Crippen molar-refractivity contribution in [2.75, 3.05) is 13.2 Å². The van der Waals surface area contributed by atoms with Crippen molar-refractivity contribution >= 4 is 5.91 Å². The Labute approximate surface area is 356 Å². The Bertz CT molecular complexity index is 961. The lowest BCUT2D eigenvalue weighted by Crippen LogP contribution is -2.60. The molecular formula is C49H93NO8. The molecule has 0 aromatic heterocycles. The van der Waals surface area contributed by atoms with Crippen LogP contribution in [0.3, 0.4) is 0 Å². The normalized spacial score (nSPS) is 21.0. The number of carbonyl (C=O) groups is 1. The number of nitrogens with one attached hydrogen (secondary N) is 1. The van der Waals surface area contributed by atoms with Gasteiger partial charge in [0.1, 0.15) is 24.4 Å². The molecule has 9 heteroatoms. The van der Waals surface area contributed by atoms with Crippen LogP contribution < -0.4 is 5.32 Å². The minimum Gasteiger partial charge on any atom is -0.394 e. The number of hydrogen-bond acceptors (Lipinski definition) is 8. The molecule has 0 aliphatic carbocycles. The molecule has 2 unspecified atom stereocenters. The lowest BCUT2D eigenvalue weighted by molar-refractivity contribution is -0.302. The number of aliphatic hydroxyl groups excluding tert-OH is 5. The zero-order valence-electron chi connectivity index (χ0n) is 37.6. The molecule has 58 heavy (non-hydrogen) atoms. The van der Waals surface area contributed by atoms with Crippen LogP contribution in [-0.4, -0.2) is 87.5 Å². The predicted molar refractivity (Wildman–Crippen MR) is 240 cm³/mol. The summed E-state index contributed by atoms with van der Waals surface area (Å²) in [6, 6.07) is -0.816. The molecule has 342 valence electrons. The Morgan fingerprint density at radius 2 is 0.983 bits per heavy atom. The van der Waals surface area contributed by atoms with Crippen LogP contribution in [-0.2, 0) is 14.3 Å². The van der Waals surface area contributed by atoms with Gasteiger partial charge in [-0.15, -0.1) is 0 Å². The molecule has 1 saturated heterocycles. The van der Waals surface area contributed by atoms with E-state index in [-0.39, 0.29) is 12.5 Å². The van der Waals surface area contributed by atoms with Gasteiger partial charge in [0.25, 0.3) is 0 Å². The molecule has 1 aliphatic rings. The standard InChI is InChI=1S/C49H93NO8/c1-3-5-7-9-11-13-15-17-18-19-20-21-22-23-24-25-27-29-31-33-35-37-39-45(53)50-42(41-57-49-48(56)47(55)46(54)44(40-51)58-49)43(52)38-36-34-32-30-28-26-16-14-12-10-8-6-4-2/h28,30,36,38,42-44,46-49,51-52,54-56H,3-27,29,31-35,37,39-41H2,1-2H3,(H,50,53)/b30-28+,38-36+/t42-,43+,44-,46-,47?,48?,49-/m0/s1. The fraction of sp³-hybridized carbons (Fsp3) is 0.898. The summed E-state index contributed by atoms with van der Waals surface area (Å²) in [6.45, 7) is 3.76. The molecule has 1 fully saturated rings. The first-order valence-electron chi connectivity index (χ1n) is 24.6.